The van der Waals surface area contributed by atoms with Crippen LogP contribution >= 0.6 is 0 Å². The van der Waals surface area contributed by atoms with Gasteiger partial charge in [-0.1, -0.05) is 0 Å². The summed E-state index contributed by atoms with van der Waals surface area (Å²) in [4.78, 5) is 29.1. The van der Waals surface area contributed by atoms with Crippen molar-refractivity contribution in [1.29, 1.82) is 0 Å². The third-order valence-corrected chi connectivity index (χ3v) is 2.78. The van der Waals surface area contributed by atoms with Crippen LogP contribution in [-0.4, -0.2) is 32.7 Å². The molecular weight excluding hydrogens is 232 g/mol. The molecule has 0 aliphatic carbocycles. The van der Waals surface area contributed by atoms with Crippen LogP contribution in [0, 0.1) is 20.8 Å². The van der Waals surface area contributed by atoms with E-state index in [4.69, 9.17) is 0 Å². The van der Waals surface area contributed by atoms with E-state index in [0.717, 1.165) is 0 Å². The average molecular weight is 244 g/mol. The van der Waals surface area contributed by atoms with Crippen LogP contribution < -0.4 is 0 Å². The third kappa shape index (κ3) is 1.81. The van der Waals surface area contributed by atoms with E-state index in [1.54, 1.807) is 20.8 Å². The van der Waals surface area contributed by atoms with Gasteiger partial charge in [-0.15, -0.1) is 10.2 Å². The zero-order chi connectivity index (χ0) is 13.3. The fourth-order valence-electron chi connectivity index (χ4n) is 1.82. The Morgan fingerprint density at radius 2 is 1.78 bits per heavy atom. The maximum absolute atomic E-state index is 11.1. The van der Waals surface area contributed by atoms with Crippen molar-refractivity contribution >= 4 is 12.6 Å². The predicted octanol–water partition coefficient (Wildman–Crippen LogP) is 1.42. The van der Waals surface area contributed by atoms with Crippen molar-refractivity contribution in [2.45, 2.75) is 20.8 Å². The first-order valence-corrected chi connectivity index (χ1v) is 5.39. The fraction of sp³-hybridized carbons (Fsp3) is 0.250. The van der Waals surface area contributed by atoms with Crippen LogP contribution in [0.5, 0.6) is 0 Å². The minimum absolute atomic E-state index is 0.369. The van der Waals surface area contributed by atoms with Crippen LogP contribution in [0.3, 0.4) is 0 Å². The molecule has 2 aromatic heterocycles. The van der Waals surface area contributed by atoms with Gasteiger partial charge in [-0.25, -0.2) is 4.98 Å². The van der Waals surface area contributed by atoms with Gasteiger partial charge in [0.2, 0.25) is 0 Å². The Hall–Kier alpha value is -2.37. The number of aryl methyl sites for hydroxylation is 2. The second-order valence-corrected chi connectivity index (χ2v) is 3.98. The Labute approximate surface area is 103 Å². The molecule has 0 saturated carbocycles. The quantitative estimate of drug-likeness (QED) is 0.825. The molecule has 0 aliphatic heterocycles. The monoisotopic (exact) mass is 244 g/mol. The summed E-state index contributed by atoms with van der Waals surface area (Å²) in [5.41, 5.74) is 3.02. The summed E-state index contributed by atoms with van der Waals surface area (Å²) in [6.07, 6.45) is 1.38. The zero-order valence-electron chi connectivity index (χ0n) is 10.3. The molecular formula is C12H12N4O2. The molecule has 0 radical (unpaired) electrons. The van der Waals surface area contributed by atoms with E-state index < -0.39 is 0 Å². The van der Waals surface area contributed by atoms with Gasteiger partial charge >= 0.3 is 0 Å². The van der Waals surface area contributed by atoms with Gasteiger partial charge in [0.05, 0.1) is 17.1 Å². The molecule has 0 saturated heterocycles. The highest BCUT2D eigenvalue weighted by Gasteiger charge is 2.18. The number of carbonyl (C=O) groups is 2. The van der Waals surface area contributed by atoms with E-state index >= 15 is 0 Å². The number of carbonyl (C=O) groups excluding carboxylic acids is 2. The van der Waals surface area contributed by atoms with E-state index in [2.05, 4.69) is 20.2 Å². The second-order valence-electron chi connectivity index (χ2n) is 3.98. The molecule has 0 unspecified atom stereocenters. The highest BCUT2D eigenvalue weighted by Crippen LogP contribution is 2.25. The number of aromatic amines is 1. The maximum Gasteiger partial charge on any atom is 0.166 e. The van der Waals surface area contributed by atoms with Crippen LogP contribution in [-0.2, 0) is 0 Å². The number of hydrogen-bond donors (Lipinski definition) is 1. The average Bonchev–Trinajstić information content (AvgIpc) is 2.65. The van der Waals surface area contributed by atoms with E-state index in [1.807, 2.05) is 0 Å². The first kappa shape index (κ1) is 12.1. The van der Waals surface area contributed by atoms with Crippen LogP contribution in [0.4, 0.5) is 0 Å². The molecule has 0 spiro atoms. The molecule has 0 aromatic carbocycles. The summed E-state index contributed by atoms with van der Waals surface area (Å²) < 4.78 is 0. The van der Waals surface area contributed by atoms with Gasteiger partial charge in [0, 0.05) is 5.56 Å². The Bertz CT molecular complexity index is 631. The molecule has 0 atom stereocenters. The topological polar surface area (TPSA) is 88.6 Å². The summed E-state index contributed by atoms with van der Waals surface area (Å²) in [6, 6.07) is 0. The molecule has 2 heterocycles. The summed E-state index contributed by atoms with van der Waals surface area (Å²) in [6.45, 7) is 5.22. The Morgan fingerprint density at radius 3 is 2.33 bits per heavy atom. The van der Waals surface area contributed by atoms with Crippen molar-refractivity contribution in [3.63, 3.8) is 0 Å². The van der Waals surface area contributed by atoms with Crippen molar-refractivity contribution in [2.75, 3.05) is 0 Å². The van der Waals surface area contributed by atoms with E-state index in [9.17, 15) is 9.59 Å². The molecule has 1 N–H and O–H groups in total. The number of aromatic nitrogens is 4. The normalized spacial score (nSPS) is 10.4. The van der Waals surface area contributed by atoms with Crippen molar-refractivity contribution in [2.24, 2.45) is 0 Å². The lowest BCUT2D eigenvalue weighted by atomic mass is 10.1. The first-order chi connectivity index (χ1) is 8.58. The largest absolute Gasteiger partial charge is 0.350 e. The Morgan fingerprint density at radius 1 is 1.06 bits per heavy atom. The van der Waals surface area contributed by atoms with Crippen LogP contribution in [0.25, 0.3) is 11.4 Å². The number of hydrogen-bond acceptors (Lipinski definition) is 5. The summed E-state index contributed by atoms with van der Waals surface area (Å²) in [7, 11) is 0. The lowest BCUT2D eigenvalue weighted by Crippen LogP contribution is -2.00. The molecule has 0 amide bonds. The van der Waals surface area contributed by atoms with Crippen LogP contribution in [0.15, 0.2) is 0 Å². The smallest absolute Gasteiger partial charge is 0.166 e. The first-order valence-electron chi connectivity index (χ1n) is 5.39. The van der Waals surface area contributed by atoms with Gasteiger partial charge in [-0.05, 0) is 26.3 Å². The molecule has 92 valence electrons. The molecule has 2 rings (SSSR count). The van der Waals surface area contributed by atoms with Gasteiger partial charge in [0.15, 0.2) is 12.6 Å². The SMILES string of the molecule is Cc1nnc(-c2[nH]c(C=O)c(C)c2C=O)c(C)n1. The van der Waals surface area contributed by atoms with Gasteiger partial charge in [-0.3, -0.25) is 9.59 Å². The third-order valence-electron chi connectivity index (χ3n) is 2.78. The number of aldehydes is 2. The molecule has 0 aliphatic rings. The standard InChI is InChI=1S/C12H12N4O2/c1-6-9(4-17)12(14-10(6)5-18)11-7(2)13-8(3)15-16-11/h4-5,14H,1-3H3. The minimum Gasteiger partial charge on any atom is -0.350 e. The lowest BCUT2D eigenvalue weighted by molar-refractivity contribution is 0.111. The van der Waals surface area contributed by atoms with Crippen LogP contribution in [0.1, 0.15) is 37.9 Å². The molecule has 6 nitrogen and oxygen atoms in total. The predicted molar refractivity (Wildman–Crippen MR) is 64.6 cm³/mol. The van der Waals surface area contributed by atoms with Gasteiger partial charge in [-0.2, -0.15) is 0 Å². The Kier molecular flexibility index (Phi) is 3.01. The highest BCUT2D eigenvalue weighted by atomic mass is 16.1. The summed E-state index contributed by atoms with van der Waals surface area (Å²) >= 11 is 0. The van der Waals surface area contributed by atoms with Crippen LogP contribution in [0.2, 0.25) is 0 Å². The Balaban J connectivity index is 2.70. The molecule has 0 bridgehead atoms. The second kappa shape index (κ2) is 4.48. The fourth-order valence-corrected chi connectivity index (χ4v) is 1.82. The molecule has 18 heavy (non-hydrogen) atoms. The van der Waals surface area contributed by atoms with Crippen molar-refractivity contribution in [1.82, 2.24) is 20.2 Å². The molecule has 2 aromatic rings. The molecule has 6 heteroatoms. The number of nitrogens with one attached hydrogen (secondary N) is 1. The van der Waals surface area contributed by atoms with Crippen molar-refractivity contribution < 1.29 is 9.59 Å². The van der Waals surface area contributed by atoms with Gasteiger partial charge in [0.25, 0.3) is 0 Å². The molecule has 0 fully saturated rings. The maximum atomic E-state index is 11.1. The highest BCUT2D eigenvalue weighted by molar-refractivity contribution is 5.92. The number of H-pyrrole nitrogens is 1. The van der Waals surface area contributed by atoms with E-state index in [0.29, 0.717) is 52.3 Å². The zero-order valence-corrected chi connectivity index (χ0v) is 10.3. The van der Waals surface area contributed by atoms with Crippen molar-refractivity contribution in [3.8, 4) is 11.4 Å². The minimum atomic E-state index is 0.369. The van der Waals surface area contributed by atoms with E-state index in [-0.39, 0.29) is 0 Å². The number of nitrogens with zero attached hydrogens (tertiary/aromatic N) is 3. The summed E-state index contributed by atoms with van der Waals surface area (Å²) in [5, 5.41) is 7.90. The lowest BCUT2D eigenvalue weighted by Gasteiger charge is -2.02. The van der Waals surface area contributed by atoms with Gasteiger partial charge in [0.1, 0.15) is 11.5 Å². The van der Waals surface area contributed by atoms with Crippen molar-refractivity contribution in [3.05, 3.63) is 28.3 Å². The number of rotatable bonds is 3. The summed E-state index contributed by atoms with van der Waals surface area (Å²) in [5.74, 6) is 0.558. The van der Waals surface area contributed by atoms with Gasteiger partial charge < -0.3 is 4.98 Å². The van der Waals surface area contributed by atoms with E-state index in [1.165, 1.54) is 0 Å².